The van der Waals surface area contributed by atoms with Crippen LogP contribution >= 0.6 is 0 Å². The first-order valence-electron chi connectivity index (χ1n) is 5.88. The summed E-state index contributed by atoms with van der Waals surface area (Å²) < 4.78 is 5.76. The van der Waals surface area contributed by atoms with Crippen molar-refractivity contribution in [3.05, 3.63) is 36.5 Å². The van der Waals surface area contributed by atoms with Crippen molar-refractivity contribution in [3.63, 3.8) is 0 Å². The van der Waals surface area contributed by atoms with E-state index in [-0.39, 0.29) is 0 Å². The maximum absolute atomic E-state index is 5.76. The number of hydrogen-bond acceptors (Lipinski definition) is 2. The Balaban J connectivity index is 2.11. The zero-order chi connectivity index (χ0) is 11.2. The van der Waals surface area contributed by atoms with Crippen LogP contribution in [0.2, 0.25) is 0 Å². The maximum Gasteiger partial charge on any atom is 0.145 e. The standard InChI is InChI=1S/C14H17NO/c1-2-3-4-11-16-13-9-5-7-12-8-6-10-15-14(12)13/h5-10H,2-4,11H2,1H3. The van der Waals surface area contributed by atoms with Crippen LogP contribution in [0.15, 0.2) is 36.5 Å². The number of nitrogens with zero attached hydrogens (tertiary/aromatic N) is 1. The van der Waals surface area contributed by atoms with Crippen molar-refractivity contribution in [1.29, 1.82) is 0 Å². The summed E-state index contributed by atoms with van der Waals surface area (Å²) in [7, 11) is 0. The predicted molar refractivity (Wildman–Crippen MR) is 66.8 cm³/mol. The lowest BCUT2D eigenvalue weighted by Gasteiger charge is -2.07. The third-order valence-corrected chi connectivity index (χ3v) is 2.60. The van der Waals surface area contributed by atoms with Crippen LogP contribution in [0.25, 0.3) is 10.9 Å². The fourth-order valence-electron chi connectivity index (χ4n) is 1.73. The minimum Gasteiger partial charge on any atom is -0.491 e. The van der Waals surface area contributed by atoms with Gasteiger partial charge in [-0.15, -0.1) is 0 Å². The van der Waals surface area contributed by atoms with E-state index in [1.165, 1.54) is 12.8 Å². The summed E-state index contributed by atoms with van der Waals surface area (Å²) >= 11 is 0. The summed E-state index contributed by atoms with van der Waals surface area (Å²) in [5, 5.41) is 1.13. The molecule has 0 atom stereocenters. The number of unbranched alkanes of at least 4 members (excludes halogenated alkanes) is 2. The molecule has 1 aromatic heterocycles. The van der Waals surface area contributed by atoms with Gasteiger partial charge in [0.25, 0.3) is 0 Å². The molecule has 0 aliphatic carbocycles. The minimum absolute atomic E-state index is 0.781. The summed E-state index contributed by atoms with van der Waals surface area (Å²) in [6, 6.07) is 10.1. The summed E-state index contributed by atoms with van der Waals surface area (Å²) in [5.74, 6) is 0.897. The molecule has 0 amide bonds. The number of pyridine rings is 1. The molecule has 0 spiro atoms. The molecule has 1 heterocycles. The van der Waals surface area contributed by atoms with Crippen molar-refractivity contribution < 1.29 is 4.74 Å². The first kappa shape index (κ1) is 10.9. The monoisotopic (exact) mass is 215 g/mol. The van der Waals surface area contributed by atoms with Gasteiger partial charge in [-0.1, -0.05) is 38.0 Å². The molecule has 0 aliphatic heterocycles. The molecule has 84 valence electrons. The Morgan fingerprint density at radius 3 is 2.88 bits per heavy atom. The average Bonchev–Trinajstić information content (AvgIpc) is 2.35. The van der Waals surface area contributed by atoms with Crippen molar-refractivity contribution in [2.24, 2.45) is 0 Å². The van der Waals surface area contributed by atoms with Crippen LogP contribution in [0, 0.1) is 0 Å². The lowest BCUT2D eigenvalue weighted by atomic mass is 10.2. The van der Waals surface area contributed by atoms with E-state index in [9.17, 15) is 0 Å². The quantitative estimate of drug-likeness (QED) is 0.708. The predicted octanol–water partition coefficient (Wildman–Crippen LogP) is 3.80. The van der Waals surface area contributed by atoms with E-state index >= 15 is 0 Å². The number of para-hydroxylation sites is 1. The van der Waals surface area contributed by atoms with Crippen LogP contribution in [0.4, 0.5) is 0 Å². The van der Waals surface area contributed by atoms with Crippen LogP contribution in [0.1, 0.15) is 26.2 Å². The topological polar surface area (TPSA) is 22.1 Å². The van der Waals surface area contributed by atoms with E-state index < -0.39 is 0 Å². The number of benzene rings is 1. The first-order chi connectivity index (χ1) is 7.92. The lowest BCUT2D eigenvalue weighted by Crippen LogP contribution is -1.98. The van der Waals surface area contributed by atoms with Gasteiger partial charge in [0.15, 0.2) is 0 Å². The Morgan fingerprint density at radius 2 is 2.00 bits per heavy atom. The fraction of sp³-hybridized carbons (Fsp3) is 0.357. The fourth-order valence-corrected chi connectivity index (χ4v) is 1.73. The van der Waals surface area contributed by atoms with E-state index in [0.29, 0.717) is 0 Å². The van der Waals surface area contributed by atoms with Gasteiger partial charge >= 0.3 is 0 Å². The second kappa shape index (κ2) is 5.50. The highest BCUT2D eigenvalue weighted by Gasteiger charge is 2.01. The van der Waals surface area contributed by atoms with Gasteiger partial charge in [-0.3, -0.25) is 4.98 Å². The van der Waals surface area contributed by atoms with E-state index in [1.54, 1.807) is 6.20 Å². The van der Waals surface area contributed by atoms with Crippen molar-refractivity contribution in [1.82, 2.24) is 4.98 Å². The Bertz CT molecular complexity index is 448. The largest absolute Gasteiger partial charge is 0.491 e. The average molecular weight is 215 g/mol. The third kappa shape index (κ3) is 2.51. The number of ether oxygens (including phenoxy) is 1. The maximum atomic E-state index is 5.76. The van der Waals surface area contributed by atoms with Gasteiger partial charge in [-0.2, -0.15) is 0 Å². The van der Waals surface area contributed by atoms with Crippen LogP contribution < -0.4 is 4.74 Å². The summed E-state index contributed by atoms with van der Waals surface area (Å²) in [6.07, 6.45) is 5.36. The van der Waals surface area contributed by atoms with Crippen LogP contribution in [-0.4, -0.2) is 11.6 Å². The molecular weight excluding hydrogens is 198 g/mol. The number of aromatic nitrogens is 1. The highest BCUT2D eigenvalue weighted by molar-refractivity contribution is 5.84. The smallest absolute Gasteiger partial charge is 0.145 e. The van der Waals surface area contributed by atoms with E-state index in [2.05, 4.69) is 24.0 Å². The van der Waals surface area contributed by atoms with E-state index in [0.717, 1.165) is 29.7 Å². The molecule has 0 unspecified atom stereocenters. The lowest BCUT2D eigenvalue weighted by molar-refractivity contribution is 0.309. The molecule has 2 rings (SSSR count). The Kier molecular flexibility index (Phi) is 3.76. The number of fused-ring (bicyclic) bond motifs is 1. The Hall–Kier alpha value is -1.57. The van der Waals surface area contributed by atoms with Gasteiger partial charge < -0.3 is 4.74 Å². The highest BCUT2D eigenvalue weighted by Crippen LogP contribution is 2.22. The molecule has 2 heteroatoms. The molecule has 0 bridgehead atoms. The second-order valence-corrected chi connectivity index (χ2v) is 3.89. The zero-order valence-electron chi connectivity index (χ0n) is 9.65. The molecule has 0 fully saturated rings. The zero-order valence-corrected chi connectivity index (χ0v) is 9.65. The van der Waals surface area contributed by atoms with Gasteiger partial charge in [0.2, 0.25) is 0 Å². The van der Waals surface area contributed by atoms with Gasteiger partial charge in [0.1, 0.15) is 11.3 Å². The molecule has 0 saturated carbocycles. The number of hydrogen-bond donors (Lipinski definition) is 0. The third-order valence-electron chi connectivity index (χ3n) is 2.60. The summed E-state index contributed by atoms with van der Waals surface area (Å²) in [5.41, 5.74) is 0.960. The minimum atomic E-state index is 0.781. The molecule has 2 aromatic rings. The molecular formula is C14H17NO. The van der Waals surface area contributed by atoms with Crippen LogP contribution in [0.3, 0.4) is 0 Å². The highest BCUT2D eigenvalue weighted by atomic mass is 16.5. The van der Waals surface area contributed by atoms with E-state index in [1.807, 2.05) is 18.2 Å². The second-order valence-electron chi connectivity index (χ2n) is 3.89. The first-order valence-corrected chi connectivity index (χ1v) is 5.88. The van der Waals surface area contributed by atoms with Gasteiger partial charge in [0.05, 0.1) is 6.61 Å². The van der Waals surface area contributed by atoms with Crippen molar-refractivity contribution >= 4 is 10.9 Å². The van der Waals surface area contributed by atoms with Gasteiger partial charge in [-0.25, -0.2) is 0 Å². The number of rotatable bonds is 5. The van der Waals surface area contributed by atoms with Crippen LogP contribution in [-0.2, 0) is 0 Å². The molecule has 0 aliphatic rings. The summed E-state index contributed by atoms with van der Waals surface area (Å²) in [4.78, 5) is 4.36. The Morgan fingerprint density at radius 1 is 1.12 bits per heavy atom. The van der Waals surface area contributed by atoms with Crippen LogP contribution in [0.5, 0.6) is 5.75 Å². The van der Waals surface area contributed by atoms with E-state index in [4.69, 9.17) is 4.74 Å². The molecule has 2 nitrogen and oxygen atoms in total. The van der Waals surface area contributed by atoms with Crippen molar-refractivity contribution in [2.45, 2.75) is 26.2 Å². The van der Waals surface area contributed by atoms with Crippen molar-refractivity contribution in [3.8, 4) is 5.75 Å². The Labute approximate surface area is 96.3 Å². The molecule has 1 aromatic carbocycles. The SMILES string of the molecule is CCCCCOc1cccc2cccnc12. The normalized spacial score (nSPS) is 10.6. The van der Waals surface area contributed by atoms with Gasteiger partial charge in [0, 0.05) is 11.6 Å². The van der Waals surface area contributed by atoms with Gasteiger partial charge in [-0.05, 0) is 18.6 Å². The summed E-state index contributed by atoms with van der Waals surface area (Å²) in [6.45, 7) is 2.98. The molecule has 0 radical (unpaired) electrons. The molecule has 16 heavy (non-hydrogen) atoms. The van der Waals surface area contributed by atoms with Crippen molar-refractivity contribution in [2.75, 3.05) is 6.61 Å². The molecule has 0 saturated heterocycles. The molecule has 0 N–H and O–H groups in total.